The van der Waals surface area contributed by atoms with E-state index in [1.54, 1.807) is 0 Å². The lowest BCUT2D eigenvalue weighted by atomic mass is 10.1. The zero-order valence-electron chi connectivity index (χ0n) is 10.1. The summed E-state index contributed by atoms with van der Waals surface area (Å²) >= 11 is 0. The van der Waals surface area contributed by atoms with Crippen LogP contribution in [-0.2, 0) is 11.3 Å². The average molecular weight is 241 g/mol. The van der Waals surface area contributed by atoms with Gasteiger partial charge < -0.3 is 4.74 Å². The number of nitrogens with zero attached hydrogens (tertiary/aromatic N) is 1. The molecular weight excluding hydrogens is 224 g/mol. The summed E-state index contributed by atoms with van der Waals surface area (Å²) in [4.78, 5) is 2.13. The first-order valence-corrected chi connectivity index (χ1v) is 5.86. The van der Waals surface area contributed by atoms with E-state index in [-0.39, 0.29) is 12.2 Å². The second kappa shape index (κ2) is 5.10. The number of halogens is 2. The Morgan fingerprint density at radius 3 is 2.47 bits per heavy atom. The third-order valence-electron chi connectivity index (χ3n) is 2.90. The summed E-state index contributed by atoms with van der Waals surface area (Å²) in [6, 6.07) is 3.74. The van der Waals surface area contributed by atoms with Gasteiger partial charge in [-0.25, -0.2) is 8.78 Å². The molecule has 1 aromatic rings. The molecule has 0 amide bonds. The Morgan fingerprint density at radius 1 is 1.24 bits per heavy atom. The van der Waals surface area contributed by atoms with Crippen LogP contribution in [0, 0.1) is 11.6 Å². The van der Waals surface area contributed by atoms with Crippen molar-refractivity contribution in [3.8, 4) is 0 Å². The zero-order chi connectivity index (χ0) is 12.4. The van der Waals surface area contributed by atoms with Crippen LogP contribution in [0.5, 0.6) is 0 Å². The Bertz CT molecular complexity index is 387. The van der Waals surface area contributed by atoms with Gasteiger partial charge >= 0.3 is 0 Å². The predicted molar refractivity (Wildman–Crippen MR) is 61.6 cm³/mol. The quantitative estimate of drug-likeness (QED) is 0.789. The van der Waals surface area contributed by atoms with E-state index in [1.807, 2.05) is 13.8 Å². The molecule has 2 atom stereocenters. The molecule has 17 heavy (non-hydrogen) atoms. The number of hydrogen-bond donors (Lipinski definition) is 0. The Kier molecular flexibility index (Phi) is 3.74. The molecule has 2 rings (SSSR count). The molecule has 0 bridgehead atoms. The number of ether oxygens (including phenoxy) is 1. The molecule has 1 fully saturated rings. The molecule has 0 radical (unpaired) electrons. The van der Waals surface area contributed by atoms with E-state index in [0.717, 1.165) is 19.2 Å². The van der Waals surface area contributed by atoms with Gasteiger partial charge in [0.25, 0.3) is 0 Å². The van der Waals surface area contributed by atoms with Gasteiger partial charge in [0.15, 0.2) is 0 Å². The zero-order valence-corrected chi connectivity index (χ0v) is 10.1. The highest BCUT2D eigenvalue weighted by molar-refractivity contribution is 5.18. The molecule has 1 aliphatic rings. The van der Waals surface area contributed by atoms with E-state index in [2.05, 4.69) is 4.90 Å². The van der Waals surface area contributed by atoms with Crippen LogP contribution in [0.15, 0.2) is 18.2 Å². The highest BCUT2D eigenvalue weighted by Gasteiger charge is 2.22. The summed E-state index contributed by atoms with van der Waals surface area (Å²) in [5.41, 5.74) is 0.535. The standard InChI is InChI=1S/C13H17F2NO/c1-9-6-16(7-10(2)17-9)8-11-3-4-12(14)5-13(11)15/h3-5,9-10H,6-8H2,1-2H3/t9-,10+. The van der Waals surface area contributed by atoms with E-state index < -0.39 is 11.6 Å². The van der Waals surface area contributed by atoms with Gasteiger partial charge in [0.2, 0.25) is 0 Å². The predicted octanol–water partition coefficient (Wildman–Crippen LogP) is 2.57. The van der Waals surface area contributed by atoms with E-state index in [1.165, 1.54) is 12.1 Å². The molecule has 4 heteroatoms. The molecule has 0 spiro atoms. The topological polar surface area (TPSA) is 12.5 Å². The van der Waals surface area contributed by atoms with Gasteiger partial charge in [-0.3, -0.25) is 4.90 Å². The van der Waals surface area contributed by atoms with Gasteiger partial charge in [-0.1, -0.05) is 6.07 Å². The lowest BCUT2D eigenvalue weighted by molar-refractivity contribution is -0.0707. The first-order valence-electron chi connectivity index (χ1n) is 5.86. The van der Waals surface area contributed by atoms with Gasteiger partial charge in [0.05, 0.1) is 12.2 Å². The molecule has 2 nitrogen and oxygen atoms in total. The summed E-state index contributed by atoms with van der Waals surface area (Å²) in [5.74, 6) is -1.01. The molecule has 1 aliphatic heterocycles. The van der Waals surface area contributed by atoms with Crippen molar-refractivity contribution in [2.45, 2.75) is 32.6 Å². The largest absolute Gasteiger partial charge is 0.373 e. The molecule has 94 valence electrons. The van der Waals surface area contributed by atoms with Crippen molar-refractivity contribution in [1.29, 1.82) is 0 Å². The molecule has 1 heterocycles. The summed E-state index contributed by atoms with van der Waals surface area (Å²) in [6.07, 6.45) is 0.310. The Morgan fingerprint density at radius 2 is 1.88 bits per heavy atom. The second-order valence-corrected chi connectivity index (χ2v) is 4.69. The van der Waals surface area contributed by atoms with Crippen LogP contribution < -0.4 is 0 Å². The maximum Gasteiger partial charge on any atom is 0.130 e. The van der Waals surface area contributed by atoms with E-state index >= 15 is 0 Å². The summed E-state index contributed by atoms with van der Waals surface area (Å²) in [7, 11) is 0. The summed E-state index contributed by atoms with van der Waals surface area (Å²) < 4.78 is 31.9. The maximum atomic E-state index is 13.5. The van der Waals surface area contributed by atoms with E-state index in [4.69, 9.17) is 4.74 Å². The van der Waals surface area contributed by atoms with Crippen molar-refractivity contribution in [3.63, 3.8) is 0 Å². The van der Waals surface area contributed by atoms with Crippen molar-refractivity contribution in [2.75, 3.05) is 13.1 Å². The summed E-state index contributed by atoms with van der Waals surface area (Å²) in [6.45, 7) is 6.07. The van der Waals surface area contributed by atoms with Crippen LogP contribution in [0.4, 0.5) is 8.78 Å². The van der Waals surface area contributed by atoms with E-state index in [9.17, 15) is 8.78 Å². The van der Waals surface area contributed by atoms with Gasteiger partial charge in [-0.05, 0) is 19.9 Å². The highest BCUT2D eigenvalue weighted by Crippen LogP contribution is 2.16. The lowest BCUT2D eigenvalue weighted by Crippen LogP contribution is -2.44. The number of rotatable bonds is 2. The van der Waals surface area contributed by atoms with Gasteiger partial charge in [0.1, 0.15) is 11.6 Å². The maximum absolute atomic E-state index is 13.5. The number of morpholine rings is 1. The molecule has 0 unspecified atom stereocenters. The number of hydrogen-bond acceptors (Lipinski definition) is 2. The van der Waals surface area contributed by atoms with Crippen LogP contribution in [0.2, 0.25) is 0 Å². The minimum absolute atomic E-state index is 0.155. The Labute approximate surface area is 100 Å². The minimum atomic E-state index is -0.532. The molecule has 1 aromatic carbocycles. The third kappa shape index (κ3) is 3.23. The highest BCUT2D eigenvalue weighted by atomic mass is 19.1. The van der Waals surface area contributed by atoms with Crippen molar-refractivity contribution in [3.05, 3.63) is 35.4 Å². The van der Waals surface area contributed by atoms with Crippen molar-refractivity contribution in [2.24, 2.45) is 0 Å². The molecule has 0 aromatic heterocycles. The SMILES string of the molecule is C[C@@H]1CN(Cc2ccc(F)cc2F)C[C@H](C)O1. The molecular formula is C13H17F2NO. The van der Waals surface area contributed by atoms with Crippen LogP contribution in [0.3, 0.4) is 0 Å². The fourth-order valence-corrected chi connectivity index (χ4v) is 2.30. The van der Waals surface area contributed by atoms with Gasteiger partial charge in [-0.2, -0.15) is 0 Å². The van der Waals surface area contributed by atoms with Crippen LogP contribution >= 0.6 is 0 Å². The minimum Gasteiger partial charge on any atom is -0.373 e. The fraction of sp³-hybridized carbons (Fsp3) is 0.538. The lowest BCUT2D eigenvalue weighted by Gasteiger charge is -2.35. The normalized spacial score (nSPS) is 26.1. The first kappa shape index (κ1) is 12.5. The molecule has 0 N–H and O–H groups in total. The van der Waals surface area contributed by atoms with Crippen molar-refractivity contribution >= 4 is 0 Å². The van der Waals surface area contributed by atoms with Crippen LogP contribution in [-0.4, -0.2) is 30.2 Å². The monoisotopic (exact) mass is 241 g/mol. The average Bonchev–Trinajstić information content (AvgIpc) is 2.21. The third-order valence-corrected chi connectivity index (χ3v) is 2.90. The second-order valence-electron chi connectivity index (χ2n) is 4.69. The van der Waals surface area contributed by atoms with Gasteiger partial charge in [0, 0.05) is 31.3 Å². The molecule has 0 aliphatic carbocycles. The summed E-state index contributed by atoms with van der Waals surface area (Å²) in [5, 5.41) is 0. The van der Waals surface area contributed by atoms with Crippen LogP contribution in [0.1, 0.15) is 19.4 Å². The van der Waals surface area contributed by atoms with Crippen molar-refractivity contribution < 1.29 is 13.5 Å². The number of benzene rings is 1. The van der Waals surface area contributed by atoms with Crippen molar-refractivity contribution in [1.82, 2.24) is 4.90 Å². The first-order chi connectivity index (χ1) is 8.04. The van der Waals surface area contributed by atoms with E-state index in [0.29, 0.717) is 12.1 Å². The Balaban J connectivity index is 2.04. The molecule has 0 saturated carbocycles. The van der Waals surface area contributed by atoms with Crippen LogP contribution in [0.25, 0.3) is 0 Å². The smallest absolute Gasteiger partial charge is 0.130 e. The fourth-order valence-electron chi connectivity index (χ4n) is 2.30. The molecule has 1 saturated heterocycles. The van der Waals surface area contributed by atoms with Gasteiger partial charge in [-0.15, -0.1) is 0 Å². The Hall–Kier alpha value is -1.00.